The number of aromatic amines is 1. The van der Waals surface area contributed by atoms with E-state index in [0.29, 0.717) is 0 Å². The second kappa shape index (κ2) is 7.16. The first-order valence-electron chi connectivity index (χ1n) is 9.58. The van der Waals surface area contributed by atoms with Gasteiger partial charge in [0.25, 0.3) is 0 Å². The summed E-state index contributed by atoms with van der Waals surface area (Å²) < 4.78 is 2.32. The lowest BCUT2D eigenvalue weighted by molar-refractivity contribution is -0.679. The average Bonchev–Trinajstić information content (AvgIpc) is 3.20. The van der Waals surface area contributed by atoms with Crippen LogP contribution in [0.4, 0.5) is 0 Å². The molecule has 0 aliphatic heterocycles. The van der Waals surface area contributed by atoms with Crippen molar-refractivity contribution in [3.05, 3.63) is 127 Å². The fourth-order valence-electron chi connectivity index (χ4n) is 3.88. The van der Waals surface area contributed by atoms with Crippen LogP contribution in [0.5, 0.6) is 0 Å². The van der Waals surface area contributed by atoms with Crippen molar-refractivity contribution in [1.29, 1.82) is 0 Å². The zero-order valence-corrected chi connectivity index (χ0v) is 15.5. The summed E-state index contributed by atoms with van der Waals surface area (Å²) in [5.74, 6) is 0. The van der Waals surface area contributed by atoms with Gasteiger partial charge in [-0.1, -0.05) is 97.1 Å². The topological polar surface area (TPSA) is 19.7 Å². The Morgan fingerprint density at radius 2 is 1.11 bits per heavy atom. The number of rotatable bonds is 4. The van der Waals surface area contributed by atoms with Crippen LogP contribution in [0.2, 0.25) is 0 Å². The SMILES string of the molecule is c1ccc(-c2ccc([C@@H](c3ccccc3)[n+]3c[nH]c4ccccc43)cc2)cc1. The number of fused-ring (bicyclic) bond motifs is 1. The highest BCUT2D eigenvalue weighted by Crippen LogP contribution is 2.26. The lowest BCUT2D eigenvalue weighted by atomic mass is 9.96. The van der Waals surface area contributed by atoms with E-state index < -0.39 is 0 Å². The highest BCUT2D eigenvalue weighted by atomic mass is 15.1. The molecule has 0 fully saturated rings. The molecule has 0 unspecified atom stereocenters. The van der Waals surface area contributed by atoms with Crippen LogP contribution in [0.15, 0.2) is 116 Å². The van der Waals surface area contributed by atoms with Gasteiger partial charge in [-0.25, -0.2) is 9.55 Å². The summed E-state index contributed by atoms with van der Waals surface area (Å²) in [7, 11) is 0. The Bertz CT molecular complexity index is 1190. The number of para-hydroxylation sites is 2. The lowest BCUT2D eigenvalue weighted by Gasteiger charge is -2.16. The summed E-state index contributed by atoms with van der Waals surface area (Å²) in [6, 6.07) is 38.7. The van der Waals surface area contributed by atoms with E-state index in [2.05, 4.69) is 125 Å². The molecule has 0 amide bonds. The predicted octanol–water partition coefficient (Wildman–Crippen LogP) is 5.76. The van der Waals surface area contributed by atoms with Crippen LogP contribution in [0.25, 0.3) is 22.2 Å². The zero-order chi connectivity index (χ0) is 18.8. The molecule has 5 rings (SSSR count). The number of H-pyrrole nitrogens is 1. The van der Waals surface area contributed by atoms with E-state index in [1.165, 1.54) is 27.8 Å². The van der Waals surface area contributed by atoms with Crippen molar-refractivity contribution < 1.29 is 4.57 Å². The summed E-state index contributed by atoms with van der Waals surface area (Å²) in [5.41, 5.74) is 7.35. The third kappa shape index (κ3) is 2.99. The standard InChI is InChI=1S/C26H20N2/c1-3-9-20(10-4-1)21-15-17-23(18-16-21)26(22-11-5-2-6-12-22)28-19-27-24-13-7-8-14-25(24)28/h1-19,26H/p+1/t26-/m1/s1. The molecule has 0 bridgehead atoms. The van der Waals surface area contributed by atoms with Crippen molar-refractivity contribution in [3.63, 3.8) is 0 Å². The highest BCUT2D eigenvalue weighted by molar-refractivity contribution is 5.70. The molecular formula is C26H21N2+. The molecule has 0 aliphatic rings. The Labute approximate surface area is 164 Å². The Kier molecular flexibility index (Phi) is 4.23. The smallest absolute Gasteiger partial charge is 0.243 e. The molecule has 0 aliphatic carbocycles. The maximum atomic E-state index is 3.41. The van der Waals surface area contributed by atoms with Gasteiger partial charge in [-0.05, 0) is 23.3 Å². The van der Waals surface area contributed by atoms with Crippen LogP contribution < -0.4 is 4.57 Å². The van der Waals surface area contributed by atoms with Crippen LogP contribution in [0.1, 0.15) is 17.2 Å². The average molecular weight is 361 g/mol. The predicted molar refractivity (Wildman–Crippen MR) is 114 cm³/mol. The van der Waals surface area contributed by atoms with Crippen molar-refractivity contribution in [2.24, 2.45) is 0 Å². The number of aromatic nitrogens is 2. The van der Waals surface area contributed by atoms with Gasteiger partial charge in [0.1, 0.15) is 0 Å². The van der Waals surface area contributed by atoms with E-state index in [9.17, 15) is 0 Å². The van der Waals surface area contributed by atoms with Crippen LogP contribution >= 0.6 is 0 Å². The quantitative estimate of drug-likeness (QED) is 0.393. The molecular weight excluding hydrogens is 340 g/mol. The lowest BCUT2D eigenvalue weighted by Crippen LogP contribution is -2.39. The molecule has 1 atom stereocenters. The molecule has 0 radical (unpaired) electrons. The number of hydrogen-bond donors (Lipinski definition) is 1. The highest BCUT2D eigenvalue weighted by Gasteiger charge is 2.23. The van der Waals surface area contributed by atoms with Gasteiger partial charge in [-0.2, -0.15) is 0 Å². The largest absolute Gasteiger partial charge is 0.243 e. The first kappa shape index (κ1) is 16.5. The van der Waals surface area contributed by atoms with Gasteiger partial charge < -0.3 is 0 Å². The van der Waals surface area contributed by atoms with Gasteiger partial charge in [0.05, 0.1) is 0 Å². The van der Waals surface area contributed by atoms with E-state index in [4.69, 9.17) is 0 Å². The molecule has 5 aromatic rings. The van der Waals surface area contributed by atoms with Crippen LogP contribution in [-0.2, 0) is 0 Å². The first-order valence-corrected chi connectivity index (χ1v) is 9.58. The van der Waals surface area contributed by atoms with Crippen molar-refractivity contribution in [2.45, 2.75) is 6.04 Å². The zero-order valence-electron chi connectivity index (χ0n) is 15.5. The fourth-order valence-corrected chi connectivity index (χ4v) is 3.88. The number of nitrogens with one attached hydrogen (secondary N) is 1. The minimum atomic E-state index is 0.113. The molecule has 0 saturated carbocycles. The Balaban J connectivity index is 1.63. The summed E-state index contributed by atoms with van der Waals surface area (Å²) >= 11 is 0. The van der Waals surface area contributed by atoms with E-state index in [1.807, 2.05) is 0 Å². The van der Waals surface area contributed by atoms with Gasteiger partial charge in [-0.3, -0.25) is 0 Å². The van der Waals surface area contributed by atoms with Crippen molar-refractivity contribution in [1.82, 2.24) is 4.98 Å². The van der Waals surface area contributed by atoms with Crippen molar-refractivity contribution >= 4 is 11.0 Å². The molecule has 134 valence electrons. The minimum Gasteiger partial charge on any atom is -0.243 e. The molecule has 4 aromatic carbocycles. The van der Waals surface area contributed by atoms with Gasteiger partial charge in [0, 0.05) is 11.1 Å². The third-order valence-electron chi connectivity index (χ3n) is 5.27. The van der Waals surface area contributed by atoms with Crippen molar-refractivity contribution in [2.75, 3.05) is 0 Å². The maximum Gasteiger partial charge on any atom is 0.243 e. The van der Waals surface area contributed by atoms with Crippen LogP contribution in [-0.4, -0.2) is 4.98 Å². The normalized spacial score (nSPS) is 12.1. The summed E-state index contributed by atoms with van der Waals surface area (Å²) in [6.07, 6.45) is 2.08. The second-order valence-corrected chi connectivity index (χ2v) is 7.00. The third-order valence-corrected chi connectivity index (χ3v) is 5.27. The van der Waals surface area contributed by atoms with Crippen LogP contribution in [0.3, 0.4) is 0 Å². The Hall–Kier alpha value is -3.65. The van der Waals surface area contributed by atoms with Gasteiger partial charge in [0.15, 0.2) is 17.1 Å². The van der Waals surface area contributed by atoms with Gasteiger partial charge in [0.2, 0.25) is 6.33 Å². The molecule has 0 saturated heterocycles. The first-order chi connectivity index (χ1) is 13.9. The molecule has 1 heterocycles. The van der Waals surface area contributed by atoms with E-state index in [1.54, 1.807) is 0 Å². The number of imidazole rings is 1. The number of benzene rings is 4. The minimum absolute atomic E-state index is 0.113. The maximum absolute atomic E-state index is 3.41. The Morgan fingerprint density at radius 3 is 1.86 bits per heavy atom. The number of nitrogens with zero attached hydrogens (tertiary/aromatic N) is 1. The molecule has 0 spiro atoms. The van der Waals surface area contributed by atoms with E-state index in [0.717, 1.165) is 5.52 Å². The summed E-state index contributed by atoms with van der Waals surface area (Å²) in [6.45, 7) is 0. The van der Waals surface area contributed by atoms with Gasteiger partial charge >= 0.3 is 0 Å². The second-order valence-electron chi connectivity index (χ2n) is 7.00. The van der Waals surface area contributed by atoms with Crippen molar-refractivity contribution in [3.8, 4) is 11.1 Å². The number of hydrogen-bond acceptors (Lipinski definition) is 0. The van der Waals surface area contributed by atoms with E-state index >= 15 is 0 Å². The summed E-state index contributed by atoms with van der Waals surface area (Å²) in [5, 5.41) is 0. The molecule has 1 aromatic heterocycles. The molecule has 28 heavy (non-hydrogen) atoms. The van der Waals surface area contributed by atoms with E-state index in [-0.39, 0.29) is 6.04 Å². The monoisotopic (exact) mass is 361 g/mol. The van der Waals surface area contributed by atoms with Crippen LogP contribution in [0, 0.1) is 0 Å². The summed E-state index contributed by atoms with van der Waals surface area (Å²) in [4.78, 5) is 3.41. The Morgan fingerprint density at radius 1 is 0.536 bits per heavy atom. The van der Waals surface area contributed by atoms with Gasteiger partial charge in [-0.15, -0.1) is 0 Å². The molecule has 2 heteroatoms. The fraction of sp³-hybridized carbons (Fsp3) is 0.0385. The molecule has 1 N–H and O–H groups in total. The molecule has 2 nitrogen and oxygen atoms in total.